The Morgan fingerprint density at radius 2 is 2.10 bits per heavy atom. The second-order valence-corrected chi connectivity index (χ2v) is 5.85. The van der Waals surface area contributed by atoms with Gasteiger partial charge < -0.3 is 9.55 Å². The molecule has 2 aromatic heterocycles. The Kier molecular flexibility index (Phi) is 3.93. The molecule has 8 heteroatoms. The fraction of sp³-hybridized carbons (Fsp3) is 0.333. The zero-order chi connectivity index (χ0) is 14.8. The third kappa shape index (κ3) is 2.90. The second kappa shape index (κ2) is 5.49. The van der Waals surface area contributed by atoms with Gasteiger partial charge in [-0.05, 0) is 13.0 Å². The van der Waals surface area contributed by atoms with E-state index < -0.39 is 10.0 Å². The van der Waals surface area contributed by atoms with E-state index >= 15 is 0 Å². The third-order valence-electron chi connectivity index (χ3n) is 2.81. The van der Waals surface area contributed by atoms with Crippen molar-refractivity contribution in [1.82, 2.24) is 14.5 Å². The lowest BCUT2D eigenvalue weighted by Gasteiger charge is -2.08. The number of aromatic nitrogens is 3. The van der Waals surface area contributed by atoms with Crippen LogP contribution in [0.1, 0.15) is 19.7 Å². The lowest BCUT2D eigenvalue weighted by atomic mass is 10.4. The molecule has 0 aromatic carbocycles. The van der Waals surface area contributed by atoms with Gasteiger partial charge in [-0.2, -0.15) is 8.42 Å². The van der Waals surface area contributed by atoms with E-state index in [1.54, 1.807) is 0 Å². The molecule has 2 aromatic rings. The number of pyridine rings is 1. The van der Waals surface area contributed by atoms with E-state index in [1.807, 2.05) is 13.8 Å². The Morgan fingerprint density at radius 3 is 2.70 bits per heavy atom. The summed E-state index contributed by atoms with van der Waals surface area (Å²) in [5, 5.41) is 0.00333. The summed E-state index contributed by atoms with van der Waals surface area (Å²) in [4.78, 5) is 18.1. The van der Waals surface area contributed by atoms with Gasteiger partial charge in [-0.1, -0.05) is 6.92 Å². The Balaban J connectivity index is 2.30. The molecule has 108 valence electrons. The first-order chi connectivity index (χ1) is 9.46. The number of sulfonamides is 1. The number of H-pyrrole nitrogens is 1. The zero-order valence-corrected chi connectivity index (χ0v) is 12.1. The van der Waals surface area contributed by atoms with Crippen LogP contribution >= 0.6 is 0 Å². The third-order valence-corrected chi connectivity index (χ3v) is 4.10. The average Bonchev–Trinajstić information content (AvgIpc) is 2.90. The van der Waals surface area contributed by atoms with Crippen molar-refractivity contribution in [3.63, 3.8) is 0 Å². The van der Waals surface area contributed by atoms with Gasteiger partial charge in [0, 0.05) is 25.2 Å². The standard InChI is InChI=1S/C12H16N4O3S/c1-3-10-13-7-11(14-10)20(18,19)15-9-5-6-12(17)16(4-2)8-9/h5-8,15H,3-4H2,1-2H3,(H,13,14). The maximum absolute atomic E-state index is 12.1. The second-order valence-electron chi connectivity index (χ2n) is 4.20. The summed E-state index contributed by atoms with van der Waals surface area (Å²) in [6.45, 7) is 4.15. The number of rotatable bonds is 5. The van der Waals surface area contributed by atoms with E-state index in [9.17, 15) is 13.2 Å². The number of imidazole rings is 1. The summed E-state index contributed by atoms with van der Waals surface area (Å²) in [6, 6.07) is 2.76. The highest BCUT2D eigenvalue weighted by molar-refractivity contribution is 7.92. The fourth-order valence-corrected chi connectivity index (χ4v) is 2.69. The van der Waals surface area contributed by atoms with Gasteiger partial charge in [0.05, 0.1) is 11.9 Å². The largest absolute Gasteiger partial charge is 0.332 e. The smallest absolute Gasteiger partial charge is 0.279 e. The van der Waals surface area contributed by atoms with E-state index in [0.29, 0.717) is 24.5 Å². The van der Waals surface area contributed by atoms with Gasteiger partial charge in [-0.15, -0.1) is 0 Å². The van der Waals surface area contributed by atoms with Gasteiger partial charge in [-0.3, -0.25) is 9.52 Å². The lowest BCUT2D eigenvalue weighted by Crippen LogP contribution is -2.20. The quantitative estimate of drug-likeness (QED) is 0.858. The highest BCUT2D eigenvalue weighted by atomic mass is 32.2. The van der Waals surface area contributed by atoms with Crippen molar-refractivity contribution in [2.24, 2.45) is 0 Å². The first-order valence-electron chi connectivity index (χ1n) is 6.23. The monoisotopic (exact) mass is 296 g/mol. The minimum absolute atomic E-state index is 0.00333. The molecule has 0 saturated heterocycles. The number of aromatic amines is 1. The Labute approximate surface area is 116 Å². The van der Waals surface area contributed by atoms with Crippen LogP contribution in [-0.4, -0.2) is 23.0 Å². The fourth-order valence-electron chi connectivity index (χ4n) is 1.71. The van der Waals surface area contributed by atoms with Gasteiger partial charge in [0.1, 0.15) is 5.82 Å². The van der Waals surface area contributed by atoms with E-state index in [-0.39, 0.29) is 10.6 Å². The van der Waals surface area contributed by atoms with Crippen molar-refractivity contribution < 1.29 is 8.42 Å². The molecular weight excluding hydrogens is 280 g/mol. The van der Waals surface area contributed by atoms with E-state index in [4.69, 9.17) is 0 Å². The predicted octanol–water partition coefficient (Wildman–Crippen LogP) is 0.954. The van der Waals surface area contributed by atoms with Gasteiger partial charge in [0.25, 0.3) is 15.6 Å². The zero-order valence-electron chi connectivity index (χ0n) is 11.3. The molecule has 0 radical (unpaired) electrons. The predicted molar refractivity (Wildman–Crippen MR) is 75.2 cm³/mol. The van der Waals surface area contributed by atoms with Crippen molar-refractivity contribution in [2.75, 3.05) is 4.72 Å². The molecule has 0 aliphatic carbocycles. The maximum Gasteiger partial charge on any atom is 0.279 e. The molecule has 0 atom stereocenters. The molecule has 0 unspecified atom stereocenters. The molecule has 0 aliphatic heterocycles. The first kappa shape index (κ1) is 14.3. The Bertz CT molecular complexity index is 761. The molecule has 2 rings (SSSR count). The summed E-state index contributed by atoms with van der Waals surface area (Å²) >= 11 is 0. The molecule has 0 fully saturated rings. The lowest BCUT2D eigenvalue weighted by molar-refractivity contribution is 0.597. The number of nitrogens with zero attached hydrogens (tertiary/aromatic N) is 2. The van der Waals surface area contributed by atoms with Crippen molar-refractivity contribution >= 4 is 15.7 Å². The van der Waals surface area contributed by atoms with Gasteiger partial charge in [0.15, 0.2) is 5.03 Å². The van der Waals surface area contributed by atoms with Gasteiger partial charge in [-0.25, -0.2) is 4.98 Å². The molecule has 0 aliphatic rings. The highest BCUT2D eigenvalue weighted by Crippen LogP contribution is 2.13. The topological polar surface area (TPSA) is 96.8 Å². The van der Waals surface area contributed by atoms with E-state index in [2.05, 4.69) is 14.7 Å². The van der Waals surface area contributed by atoms with Crippen LogP contribution in [0, 0.1) is 0 Å². The van der Waals surface area contributed by atoms with Crippen molar-refractivity contribution in [2.45, 2.75) is 31.8 Å². The summed E-state index contributed by atoms with van der Waals surface area (Å²) in [7, 11) is -3.72. The van der Waals surface area contributed by atoms with E-state index in [0.717, 1.165) is 0 Å². The van der Waals surface area contributed by atoms with Crippen LogP contribution in [-0.2, 0) is 23.0 Å². The van der Waals surface area contributed by atoms with Crippen LogP contribution < -0.4 is 10.3 Å². The van der Waals surface area contributed by atoms with Crippen molar-refractivity contribution in [3.8, 4) is 0 Å². The first-order valence-corrected chi connectivity index (χ1v) is 7.71. The number of nitrogens with one attached hydrogen (secondary N) is 2. The molecule has 2 N–H and O–H groups in total. The summed E-state index contributed by atoms with van der Waals surface area (Å²) in [5.74, 6) is 0.601. The Morgan fingerprint density at radius 1 is 1.35 bits per heavy atom. The number of hydrogen-bond donors (Lipinski definition) is 2. The number of hydrogen-bond acceptors (Lipinski definition) is 4. The SMILES string of the molecule is CCc1ncc(S(=O)(=O)Nc2ccc(=O)n(CC)c2)[nH]1. The van der Waals surface area contributed by atoms with Crippen molar-refractivity contribution in [3.05, 3.63) is 40.7 Å². The molecule has 0 saturated carbocycles. The van der Waals surface area contributed by atoms with Crippen LogP contribution in [0.2, 0.25) is 0 Å². The summed E-state index contributed by atoms with van der Waals surface area (Å²) in [5.41, 5.74) is 0.157. The van der Waals surface area contributed by atoms with Crippen LogP contribution in [0.25, 0.3) is 0 Å². The minimum Gasteiger partial charge on any atom is -0.332 e. The molecule has 2 heterocycles. The molecule has 0 spiro atoms. The molecule has 20 heavy (non-hydrogen) atoms. The van der Waals surface area contributed by atoms with E-state index in [1.165, 1.54) is 29.1 Å². The number of anilines is 1. The van der Waals surface area contributed by atoms with Crippen LogP contribution in [0.4, 0.5) is 5.69 Å². The Hall–Kier alpha value is -2.09. The van der Waals surface area contributed by atoms with Crippen LogP contribution in [0.3, 0.4) is 0 Å². The van der Waals surface area contributed by atoms with Crippen molar-refractivity contribution in [1.29, 1.82) is 0 Å². The van der Waals surface area contributed by atoms with Gasteiger partial charge in [0.2, 0.25) is 0 Å². The van der Waals surface area contributed by atoms with Crippen LogP contribution in [0.15, 0.2) is 34.3 Å². The maximum atomic E-state index is 12.1. The normalized spacial score (nSPS) is 11.5. The summed E-state index contributed by atoms with van der Waals surface area (Å²) < 4.78 is 28.1. The molecule has 0 bridgehead atoms. The van der Waals surface area contributed by atoms with Crippen LogP contribution in [0.5, 0.6) is 0 Å². The van der Waals surface area contributed by atoms with Gasteiger partial charge >= 0.3 is 0 Å². The molecular formula is C12H16N4O3S. The average molecular weight is 296 g/mol. The summed E-state index contributed by atoms with van der Waals surface area (Å²) in [6.07, 6.45) is 3.37. The molecule has 7 nitrogen and oxygen atoms in total. The minimum atomic E-state index is -3.72. The highest BCUT2D eigenvalue weighted by Gasteiger charge is 2.17. The number of aryl methyl sites for hydroxylation is 2. The molecule has 0 amide bonds.